The first-order valence-corrected chi connectivity index (χ1v) is 4.45. The molecule has 1 aromatic carbocycles. The van der Waals surface area contributed by atoms with Crippen molar-refractivity contribution in [3.05, 3.63) is 35.9 Å². The first-order chi connectivity index (χ1) is 6.20. The summed E-state index contributed by atoms with van der Waals surface area (Å²) < 4.78 is 0. The van der Waals surface area contributed by atoms with E-state index in [2.05, 4.69) is 0 Å². The third-order valence-electron chi connectivity index (χ3n) is 2.11. The van der Waals surface area contributed by atoms with E-state index in [-0.39, 0.29) is 35.5 Å². The Morgan fingerprint density at radius 3 is 2.43 bits per heavy atom. The number of carbonyl (C=O) groups is 1. The average Bonchev–Trinajstić information content (AvgIpc) is 2.15. The standard InChI is InChI=1S/C11H14O2.Na/c1-9(11(12)13)7-8-10-5-3-2-4-6-10;/h2-6,9H,7-8H2,1H3,(H,12,13);/q;+1/p-1. The molecule has 14 heavy (non-hydrogen) atoms. The topological polar surface area (TPSA) is 40.1 Å². The van der Waals surface area contributed by atoms with Crippen LogP contribution in [0.25, 0.3) is 0 Å². The third kappa shape index (κ3) is 4.80. The number of aryl methyl sites for hydroxylation is 1. The maximum absolute atomic E-state index is 10.4. The van der Waals surface area contributed by atoms with Crippen LogP contribution in [0.15, 0.2) is 30.3 Å². The van der Waals surface area contributed by atoms with Crippen molar-refractivity contribution < 1.29 is 39.5 Å². The molecule has 1 aromatic rings. The number of benzene rings is 1. The van der Waals surface area contributed by atoms with Crippen LogP contribution in [-0.2, 0) is 11.2 Å². The van der Waals surface area contributed by atoms with E-state index >= 15 is 0 Å². The Kier molecular flexibility index (Phi) is 6.89. The third-order valence-corrected chi connectivity index (χ3v) is 2.11. The number of rotatable bonds is 4. The molecule has 0 heterocycles. The molecule has 1 unspecified atom stereocenters. The number of carbonyl (C=O) groups excluding carboxylic acids is 1. The Morgan fingerprint density at radius 2 is 1.93 bits per heavy atom. The Hall–Kier alpha value is -0.310. The molecule has 0 bridgehead atoms. The Labute approximate surface area is 107 Å². The van der Waals surface area contributed by atoms with Gasteiger partial charge >= 0.3 is 29.6 Å². The number of hydrogen-bond acceptors (Lipinski definition) is 2. The molecule has 1 atom stereocenters. The molecule has 0 fully saturated rings. The van der Waals surface area contributed by atoms with E-state index in [0.717, 1.165) is 6.42 Å². The fourth-order valence-electron chi connectivity index (χ4n) is 1.15. The van der Waals surface area contributed by atoms with Gasteiger partial charge in [-0.05, 0) is 24.3 Å². The summed E-state index contributed by atoms with van der Waals surface area (Å²) in [5.74, 6) is -1.32. The second-order valence-corrected chi connectivity index (χ2v) is 3.24. The van der Waals surface area contributed by atoms with Gasteiger partial charge in [-0.3, -0.25) is 0 Å². The summed E-state index contributed by atoms with van der Waals surface area (Å²) in [5.41, 5.74) is 1.18. The van der Waals surface area contributed by atoms with Crippen molar-refractivity contribution in [1.29, 1.82) is 0 Å². The van der Waals surface area contributed by atoms with Crippen molar-refractivity contribution in [1.82, 2.24) is 0 Å². The second-order valence-electron chi connectivity index (χ2n) is 3.24. The molecule has 1 rings (SSSR count). The summed E-state index contributed by atoms with van der Waals surface area (Å²) in [4.78, 5) is 10.4. The summed E-state index contributed by atoms with van der Waals surface area (Å²) >= 11 is 0. The molecule has 2 nitrogen and oxygen atoms in total. The Bertz CT molecular complexity index is 272. The number of aliphatic carboxylic acids is 1. The van der Waals surface area contributed by atoms with Crippen LogP contribution in [0.5, 0.6) is 0 Å². The quantitative estimate of drug-likeness (QED) is 0.528. The summed E-state index contributed by atoms with van der Waals surface area (Å²) in [5, 5.41) is 10.4. The van der Waals surface area contributed by atoms with Crippen LogP contribution in [0.3, 0.4) is 0 Å². The van der Waals surface area contributed by atoms with Crippen molar-refractivity contribution in [3.63, 3.8) is 0 Å². The zero-order valence-corrected chi connectivity index (χ0v) is 10.7. The minimum absolute atomic E-state index is 0. The van der Waals surface area contributed by atoms with Gasteiger partial charge in [-0.1, -0.05) is 37.3 Å². The monoisotopic (exact) mass is 200 g/mol. The van der Waals surface area contributed by atoms with E-state index in [4.69, 9.17) is 0 Å². The molecule has 0 spiro atoms. The van der Waals surface area contributed by atoms with Gasteiger partial charge in [-0.15, -0.1) is 0 Å². The summed E-state index contributed by atoms with van der Waals surface area (Å²) in [7, 11) is 0. The first kappa shape index (κ1) is 13.7. The van der Waals surface area contributed by atoms with Gasteiger partial charge in [0.25, 0.3) is 0 Å². The molecular weight excluding hydrogens is 187 g/mol. The van der Waals surface area contributed by atoms with Gasteiger partial charge in [0.15, 0.2) is 0 Å². The van der Waals surface area contributed by atoms with Crippen LogP contribution in [0.1, 0.15) is 18.9 Å². The molecule has 3 heteroatoms. The minimum Gasteiger partial charge on any atom is -0.550 e. The zero-order valence-electron chi connectivity index (χ0n) is 8.69. The van der Waals surface area contributed by atoms with Gasteiger partial charge in [-0.25, -0.2) is 0 Å². The van der Waals surface area contributed by atoms with Crippen LogP contribution >= 0.6 is 0 Å². The maximum Gasteiger partial charge on any atom is 1.00 e. The van der Waals surface area contributed by atoms with Crippen molar-refractivity contribution in [2.75, 3.05) is 0 Å². The van der Waals surface area contributed by atoms with Gasteiger partial charge in [0.05, 0.1) is 0 Å². The number of carboxylic acids is 1. The SMILES string of the molecule is CC(CCc1ccccc1)C(=O)[O-].[Na+]. The molecular formula is C11H13NaO2. The smallest absolute Gasteiger partial charge is 0.550 e. The normalized spacial score (nSPS) is 11.5. The molecule has 0 aliphatic rings. The molecule has 0 aliphatic carbocycles. The fraction of sp³-hybridized carbons (Fsp3) is 0.364. The van der Waals surface area contributed by atoms with E-state index in [1.54, 1.807) is 6.92 Å². The second kappa shape index (κ2) is 7.04. The predicted octanol–water partition coefficient (Wildman–Crippen LogP) is -1.99. The van der Waals surface area contributed by atoms with E-state index in [9.17, 15) is 9.90 Å². The van der Waals surface area contributed by atoms with E-state index < -0.39 is 5.97 Å². The molecule has 0 saturated heterocycles. The van der Waals surface area contributed by atoms with Crippen molar-refractivity contribution >= 4 is 5.97 Å². The molecule has 0 aliphatic heterocycles. The van der Waals surface area contributed by atoms with E-state index in [1.807, 2.05) is 30.3 Å². The summed E-state index contributed by atoms with van der Waals surface area (Å²) in [6.07, 6.45) is 1.45. The molecule has 0 saturated carbocycles. The van der Waals surface area contributed by atoms with Crippen molar-refractivity contribution in [3.8, 4) is 0 Å². The van der Waals surface area contributed by atoms with Gasteiger partial charge in [0, 0.05) is 5.97 Å². The minimum atomic E-state index is -0.962. The zero-order chi connectivity index (χ0) is 9.68. The Balaban J connectivity index is 0.00000169. The fourth-order valence-corrected chi connectivity index (χ4v) is 1.15. The van der Waals surface area contributed by atoms with Crippen LogP contribution in [-0.4, -0.2) is 5.97 Å². The van der Waals surface area contributed by atoms with Gasteiger partial charge in [-0.2, -0.15) is 0 Å². The summed E-state index contributed by atoms with van der Waals surface area (Å²) in [6.45, 7) is 1.68. The first-order valence-electron chi connectivity index (χ1n) is 4.45. The van der Waals surface area contributed by atoms with Gasteiger partial charge in [0.2, 0.25) is 0 Å². The average molecular weight is 200 g/mol. The number of hydrogen-bond donors (Lipinski definition) is 0. The molecule has 0 aromatic heterocycles. The maximum atomic E-state index is 10.4. The van der Waals surface area contributed by atoms with Crippen LogP contribution in [0, 0.1) is 5.92 Å². The van der Waals surface area contributed by atoms with Gasteiger partial charge in [0.1, 0.15) is 0 Å². The van der Waals surface area contributed by atoms with Crippen molar-refractivity contribution in [2.45, 2.75) is 19.8 Å². The molecule has 70 valence electrons. The van der Waals surface area contributed by atoms with Crippen LogP contribution in [0.4, 0.5) is 0 Å². The van der Waals surface area contributed by atoms with Crippen LogP contribution < -0.4 is 34.7 Å². The molecule has 0 amide bonds. The predicted molar refractivity (Wildman–Crippen MR) is 48.9 cm³/mol. The van der Waals surface area contributed by atoms with Crippen LogP contribution in [0.2, 0.25) is 0 Å². The Morgan fingerprint density at radius 1 is 1.36 bits per heavy atom. The largest absolute Gasteiger partial charge is 1.00 e. The summed E-state index contributed by atoms with van der Waals surface area (Å²) in [6, 6.07) is 9.87. The van der Waals surface area contributed by atoms with Crippen molar-refractivity contribution in [2.24, 2.45) is 5.92 Å². The molecule has 0 N–H and O–H groups in total. The van der Waals surface area contributed by atoms with E-state index in [1.165, 1.54) is 5.56 Å². The van der Waals surface area contributed by atoms with Gasteiger partial charge < -0.3 is 9.90 Å². The number of carboxylic acid groups (broad SMARTS) is 1. The van der Waals surface area contributed by atoms with E-state index in [0.29, 0.717) is 6.42 Å². The molecule has 0 radical (unpaired) electrons.